The molecule has 0 aliphatic rings. The molecule has 0 aliphatic heterocycles. The zero-order valence-corrected chi connectivity index (χ0v) is 10.4. The Labute approximate surface area is 111 Å². The van der Waals surface area contributed by atoms with Crippen LogP contribution in [0.3, 0.4) is 0 Å². The smallest absolute Gasteiger partial charge is 0.274 e. The van der Waals surface area contributed by atoms with Crippen LogP contribution in [0.5, 0.6) is 0 Å². The van der Waals surface area contributed by atoms with Gasteiger partial charge in [-0.3, -0.25) is 14.9 Å². The van der Waals surface area contributed by atoms with Gasteiger partial charge >= 0.3 is 0 Å². The van der Waals surface area contributed by atoms with Crippen LogP contribution in [0.4, 0.5) is 5.69 Å². The Balaban J connectivity index is 2.31. The molecule has 8 heteroatoms. The lowest BCUT2D eigenvalue weighted by Crippen LogP contribution is -2.05. The molecule has 0 atom stereocenters. The fourth-order valence-corrected chi connectivity index (χ4v) is 2.27. The van der Waals surface area contributed by atoms with E-state index in [1.165, 1.54) is 30.5 Å². The number of nitrogens with zero attached hydrogens (tertiary/aromatic N) is 2. The van der Waals surface area contributed by atoms with Gasteiger partial charge in [0.05, 0.1) is 17.1 Å². The number of rotatable bonds is 4. The Morgan fingerprint density at radius 3 is 2.84 bits per heavy atom. The molecule has 7 nitrogen and oxygen atoms in total. The van der Waals surface area contributed by atoms with Crippen LogP contribution in [0.2, 0.25) is 0 Å². The van der Waals surface area contributed by atoms with Crippen LogP contribution in [0.25, 0.3) is 0 Å². The van der Waals surface area contributed by atoms with Crippen LogP contribution >= 0.6 is 11.8 Å². The first kappa shape index (κ1) is 13.2. The summed E-state index contributed by atoms with van der Waals surface area (Å²) in [6.45, 7) is -0.427. The summed E-state index contributed by atoms with van der Waals surface area (Å²) in [6, 6.07) is 5.64. The van der Waals surface area contributed by atoms with E-state index in [1.54, 1.807) is 0 Å². The predicted octanol–water partition coefficient (Wildman–Crippen LogP) is 1.32. The monoisotopic (exact) mass is 279 g/mol. The van der Waals surface area contributed by atoms with Gasteiger partial charge in [0.25, 0.3) is 11.2 Å². The molecule has 0 aliphatic carbocycles. The second-order valence-electron chi connectivity index (χ2n) is 3.55. The van der Waals surface area contributed by atoms with Crippen molar-refractivity contribution in [2.45, 2.75) is 16.7 Å². The van der Waals surface area contributed by atoms with Gasteiger partial charge in [0.15, 0.2) is 5.16 Å². The van der Waals surface area contributed by atoms with Gasteiger partial charge in [-0.05, 0) is 12.1 Å². The molecule has 2 rings (SSSR count). The fraction of sp³-hybridized carbons (Fsp3) is 0.0909. The molecule has 0 saturated heterocycles. The minimum atomic E-state index is -0.553. The number of H-pyrrole nitrogens is 1. The fourth-order valence-electron chi connectivity index (χ4n) is 1.45. The first-order valence-corrected chi connectivity index (χ1v) is 6.03. The van der Waals surface area contributed by atoms with Crippen LogP contribution in [-0.4, -0.2) is 20.0 Å². The number of nitro groups is 1. The van der Waals surface area contributed by atoms with Gasteiger partial charge in [0.2, 0.25) is 0 Å². The molecule has 0 saturated carbocycles. The molecule has 1 aromatic carbocycles. The number of hydrogen-bond acceptors (Lipinski definition) is 6. The van der Waals surface area contributed by atoms with Crippen molar-refractivity contribution in [1.29, 1.82) is 0 Å². The van der Waals surface area contributed by atoms with Crippen LogP contribution in [0.15, 0.2) is 45.3 Å². The van der Waals surface area contributed by atoms with E-state index < -0.39 is 11.5 Å². The van der Waals surface area contributed by atoms with Crippen molar-refractivity contribution in [2.75, 3.05) is 0 Å². The molecule has 98 valence electrons. The van der Waals surface area contributed by atoms with Crippen molar-refractivity contribution in [3.05, 3.63) is 56.5 Å². The molecule has 19 heavy (non-hydrogen) atoms. The summed E-state index contributed by atoms with van der Waals surface area (Å²) in [5.74, 6) is 0. The number of benzene rings is 1. The highest BCUT2D eigenvalue weighted by molar-refractivity contribution is 7.99. The summed E-state index contributed by atoms with van der Waals surface area (Å²) in [6.07, 6.45) is 1.37. The minimum Gasteiger partial charge on any atom is -0.391 e. The predicted molar refractivity (Wildman–Crippen MR) is 68.0 cm³/mol. The Kier molecular flexibility index (Phi) is 3.93. The van der Waals surface area contributed by atoms with Crippen LogP contribution < -0.4 is 5.56 Å². The van der Waals surface area contributed by atoms with Crippen LogP contribution in [-0.2, 0) is 6.61 Å². The van der Waals surface area contributed by atoms with E-state index >= 15 is 0 Å². The number of aromatic amines is 1. The number of nitro benzene ring substituents is 1. The number of aliphatic hydroxyl groups excluding tert-OH is 1. The molecular formula is C11H9N3O4S. The standard InChI is InChI=1S/C11H9N3O4S/c15-6-7-5-8(1-2-9(7)14(17)18)19-11-12-4-3-10(16)13-11/h1-5,15H,6H2,(H,12,13,16). The van der Waals surface area contributed by atoms with Gasteiger partial charge in [-0.2, -0.15) is 0 Å². The van der Waals surface area contributed by atoms with Crippen LogP contribution in [0.1, 0.15) is 5.56 Å². The molecular weight excluding hydrogens is 270 g/mol. The maximum atomic E-state index is 11.1. The number of hydrogen-bond donors (Lipinski definition) is 2. The molecule has 0 unspecified atom stereocenters. The quantitative estimate of drug-likeness (QED) is 0.496. The van der Waals surface area contributed by atoms with Gasteiger partial charge in [-0.25, -0.2) is 4.98 Å². The summed E-state index contributed by atoms with van der Waals surface area (Å²) in [7, 11) is 0. The van der Waals surface area contributed by atoms with Gasteiger partial charge in [-0.1, -0.05) is 11.8 Å². The SMILES string of the molecule is O=c1ccnc(Sc2ccc([N+](=O)[O-])c(CO)c2)[nH]1. The summed E-state index contributed by atoms with van der Waals surface area (Å²) in [4.78, 5) is 28.4. The van der Waals surface area contributed by atoms with Crippen molar-refractivity contribution >= 4 is 17.4 Å². The lowest BCUT2D eigenvalue weighted by atomic mass is 10.2. The molecule has 2 aromatic rings. The van der Waals surface area contributed by atoms with Crippen LogP contribution in [0, 0.1) is 10.1 Å². The normalized spacial score (nSPS) is 10.4. The third kappa shape index (κ3) is 3.18. The molecule has 0 amide bonds. The topological polar surface area (TPSA) is 109 Å². The number of aliphatic hydroxyl groups is 1. The van der Waals surface area contributed by atoms with Gasteiger partial charge in [0, 0.05) is 23.2 Å². The largest absolute Gasteiger partial charge is 0.391 e. The van der Waals surface area contributed by atoms with Crippen molar-refractivity contribution in [2.24, 2.45) is 0 Å². The summed E-state index contributed by atoms with van der Waals surface area (Å²) in [5.41, 5.74) is -0.198. The van der Waals surface area contributed by atoms with Gasteiger partial charge in [0.1, 0.15) is 0 Å². The maximum absolute atomic E-state index is 11.1. The van der Waals surface area contributed by atoms with Crippen molar-refractivity contribution in [3.63, 3.8) is 0 Å². The average Bonchev–Trinajstić information content (AvgIpc) is 2.38. The summed E-state index contributed by atoms with van der Waals surface area (Å²) in [5, 5.41) is 20.2. The Morgan fingerprint density at radius 2 is 2.21 bits per heavy atom. The number of nitrogens with one attached hydrogen (secondary N) is 1. The third-order valence-electron chi connectivity index (χ3n) is 2.28. The van der Waals surface area contributed by atoms with E-state index in [-0.39, 0.29) is 16.8 Å². The van der Waals surface area contributed by atoms with Crippen molar-refractivity contribution < 1.29 is 10.0 Å². The second-order valence-corrected chi connectivity index (χ2v) is 4.61. The summed E-state index contributed by atoms with van der Waals surface area (Å²) < 4.78 is 0. The van der Waals surface area contributed by atoms with Gasteiger partial charge in [-0.15, -0.1) is 0 Å². The Bertz CT molecular complexity index is 671. The lowest BCUT2D eigenvalue weighted by Gasteiger charge is -2.03. The first-order valence-electron chi connectivity index (χ1n) is 5.21. The molecule has 0 fully saturated rings. The zero-order valence-electron chi connectivity index (χ0n) is 9.57. The average molecular weight is 279 g/mol. The Morgan fingerprint density at radius 1 is 1.42 bits per heavy atom. The Hall–Kier alpha value is -2.19. The van der Waals surface area contributed by atoms with Crippen molar-refractivity contribution in [1.82, 2.24) is 9.97 Å². The van der Waals surface area contributed by atoms with E-state index in [2.05, 4.69) is 9.97 Å². The molecule has 2 N–H and O–H groups in total. The first-order chi connectivity index (χ1) is 9.10. The highest BCUT2D eigenvalue weighted by atomic mass is 32.2. The minimum absolute atomic E-state index is 0.138. The van der Waals surface area contributed by atoms with E-state index in [0.29, 0.717) is 10.1 Å². The highest BCUT2D eigenvalue weighted by Crippen LogP contribution is 2.28. The maximum Gasteiger partial charge on any atom is 0.274 e. The highest BCUT2D eigenvalue weighted by Gasteiger charge is 2.13. The molecule has 1 aromatic heterocycles. The number of aromatic nitrogens is 2. The molecule has 1 heterocycles. The lowest BCUT2D eigenvalue weighted by molar-refractivity contribution is -0.385. The van der Waals surface area contributed by atoms with Gasteiger partial charge < -0.3 is 10.1 Å². The van der Waals surface area contributed by atoms with E-state index in [0.717, 1.165) is 11.8 Å². The third-order valence-corrected chi connectivity index (χ3v) is 3.17. The van der Waals surface area contributed by atoms with E-state index in [1.807, 2.05) is 0 Å². The van der Waals surface area contributed by atoms with Crippen molar-refractivity contribution in [3.8, 4) is 0 Å². The van der Waals surface area contributed by atoms with E-state index in [9.17, 15) is 14.9 Å². The molecule has 0 bridgehead atoms. The summed E-state index contributed by atoms with van der Waals surface area (Å²) >= 11 is 1.15. The second kappa shape index (κ2) is 5.63. The zero-order chi connectivity index (χ0) is 13.8. The molecule has 0 spiro atoms. The molecule has 0 radical (unpaired) electrons. The van der Waals surface area contributed by atoms with E-state index in [4.69, 9.17) is 5.11 Å².